The zero-order valence-corrected chi connectivity index (χ0v) is 14.3. The SMILES string of the molecule is COc1cc(C(=O)NCCCN2CCOCC2)cc(Cl)c1OC. The van der Waals surface area contributed by atoms with Crippen LogP contribution in [0, 0.1) is 0 Å². The standard InChI is InChI=1S/C16H23ClN2O4/c1-21-14-11-12(10-13(17)15(14)22-2)16(20)18-4-3-5-19-6-8-23-9-7-19/h10-11H,3-9H2,1-2H3,(H,18,20). The lowest BCUT2D eigenvalue weighted by molar-refractivity contribution is 0.0374. The van der Waals surface area contributed by atoms with Crippen molar-refractivity contribution in [3.63, 3.8) is 0 Å². The number of hydrogen-bond acceptors (Lipinski definition) is 5. The van der Waals surface area contributed by atoms with Gasteiger partial charge in [-0.25, -0.2) is 0 Å². The minimum atomic E-state index is -0.171. The normalized spacial score (nSPS) is 15.3. The quantitative estimate of drug-likeness (QED) is 0.766. The van der Waals surface area contributed by atoms with Crippen LogP contribution in [-0.2, 0) is 4.74 Å². The van der Waals surface area contributed by atoms with Gasteiger partial charge < -0.3 is 19.5 Å². The number of morpholine rings is 1. The molecule has 1 heterocycles. The van der Waals surface area contributed by atoms with Gasteiger partial charge in [0.1, 0.15) is 0 Å². The molecular weight excluding hydrogens is 320 g/mol. The lowest BCUT2D eigenvalue weighted by atomic mass is 10.2. The Hall–Kier alpha value is -1.50. The highest BCUT2D eigenvalue weighted by Gasteiger charge is 2.15. The predicted molar refractivity (Wildman–Crippen MR) is 88.8 cm³/mol. The molecule has 128 valence electrons. The number of rotatable bonds is 7. The van der Waals surface area contributed by atoms with E-state index in [-0.39, 0.29) is 5.91 Å². The van der Waals surface area contributed by atoms with E-state index >= 15 is 0 Å². The van der Waals surface area contributed by atoms with Crippen LogP contribution < -0.4 is 14.8 Å². The van der Waals surface area contributed by atoms with Crippen LogP contribution in [0.4, 0.5) is 0 Å². The van der Waals surface area contributed by atoms with Crippen molar-refractivity contribution in [3.8, 4) is 11.5 Å². The Kier molecular flexibility index (Phi) is 6.95. The molecule has 1 aliphatic rings. The Bertz CT molecular complexity index is 533. The highest BCUT2D eigenvalue weighted by molar-refractivity contribution is 6.32. The van der Waals surface area contributed by atoms with Gasteiger partial charge in [0, 0.05) is 25.2 Å². The van der Waals surface area contributed by atoms with Crippen molar-refractivity contribution in [2.24, 2.45) is 0 Å². The van der Waals surface area contributed by atoms with Crippen molar-refractivity contribution < 1.29 is 19.0 Å². The molecule has 2 rings (SSSR count). The first-order valence-electron chi connectivity index (χ1n) is 7.65. The van der Waals surface area contributed by atoms with Crippen LogP contribution in [0.3, 0.4) is 0 Å². The van der Waals surface area contributed by atoms with E-state index in [1.807, 2.05) is 0 Å². The van der Waals surface area contributed by atoms with Gasteiger partial charge in [0.15, 0.2) is 11.5 Å². The lowest BCUT2D eigenvalue weighted by Crippen LogP contribution is -2.38. The van der Waals surface area contributed by atoms with Crippen molar-refractivity contribution in [1.82, 2.24) is 10.2 Å². The van der Waals surface area contributed by atoms with Crippen molar-refractivity contribution in [1.29, 1.82) is 0 Å². The molecule has 6 nitrogen and oxygen atoms in total. The van der Waals surface area contributed by atoms with Crippen LogP contribution in [0.5, 0.6) is 11.5 Å². The first kappa shape index (κ1) is 17.8. The molecular formula is C16H23ClN2O4. The molecule has 0 saturated carbocycles. The number of benzene rings is 1. The maximum absolute atomic E-state index is 12.2. The van der Waals surface area contributed by atoms with Gasteiger partial charge in [0.2, 0.25) is 0 Å². The number of nitrogens with zero attached hydrogens (tertiary/aromatic N) is 1. The van der Waals surface area contributed by atoms with Crippen molar-refractivity contribution >= 4 is 17.5 Å². The Morgan fingerprint density at radius 1 is 1.30 bits per heavy atom. The summed E-state index contributed by atoms with van der Waals surface area (Å²) in [7, 11) is 3.02. The van der Waals surface area contributed by atoms with Gasteiger partial charge in [0.25, 0.3) is 5.91 Å². The van der Waals surface area contributed by atoms with Gasteiger partial charge in [-0.1, -0.05) is 11.6 Å². The van der Waals surface area contributed by atoms with Crippen molar-refractivity contribution in [2.75, 3.05) is 53.6 Å². The van der Waals surface area contributed by atoms with Crippen LogP contribution >= 0.6 is 11.6 Å². The molecule has 0 aromatic heterocycles. The molecule has 1 fully saturated rings. The van der Waals surface area contributed by atoms with Gasteiger partial charge in [-0.05, 0) is 25.1 Å². The van der Waals surface area contributed by atoms with Crippen molar-refractivity contribution in [3.05, 3.63) is 22.7 Å². The zero-order chi connectivity index (χ0) is 16.7. The van der Waals surface area contributed by atoms with Crippen LogP contribution in [0.1, 0.15) is 16.8 Å². The molecule has 0 bridgehead atoms. The molecule has 1 saturated heterocycles. The average Bonchev–Trinajstić information content (AvgIpc) is 2.58. The highest BCUT2D eigenvalue weighted by atomic mass is 35.5. The summed E-state index contributed by atoms with van der Waals surface area (Å²) < 4.78 is 15.7. The first-order valence-corrected chi connectivity index (χ1v) is 8.03. The van der Waals surface area contributed by atoms with E-state index in [4.69, 9.17) is 25.8 Å². The summed E-state index contributed by atoms with van der Waals surface area (Å²) in [6.45, 7) is 5.06. The van der Waals surface area contributed by atoms with Gasteiger partial charge in [-0.3, -0.25) is 9.69 Å². The lowest BCUT2D eigenvalue weighted by Gasteiger charge is -2.26. The van der Waals surface area contributed by atoms with Gasteiger partial charge >= 0.3 is 0 Å². The van der Waals surface area contributed by atoms with E-state index in [2.05, 4.69) is 10.2 Å². The van der Waals surface area contributed by atoms with Crippen LogP contribution in [0.2, 0.25) is 5.02 Å². The summed E-state index contributed by atoms with van der Waals surface area (Å²) in [6.07, 6.45) is 0.896. The fourth-order valence-corrected chi connectivity index (χ4v) is 2.77. The molecule has 1 aliphatic heterocycles. The number of carbonyl (C=O) groups is 1. The number of ether oxygens (including phenoxy) is 3. The molecule has 0 aliphatic carbocycles. The first-order chi connectivity index (χ1) is 11.2. The summed E-state index contributed by atoms with van der Waals surface area (Å²) >= 11 is 6.12. The second-order valence-corrected chi connectivity index (χ2v) is 5.66. The monoisotopic (exact) mass is 342 g/mol. The van der Waals surface area contributed by atoms with E-state index in [0.717, 1.165) is 39.3 Å². The molecule has 1 aromatic carbocycles. The van der Waals surface area contributed by atoms with Crippen molar-refractivity contribution in [2.45, 2.75) is 6.42 Å². The summed E-state index contributed by atoms with van der Waals surface area (Å²) in [5, 5.41) is 3.25. The molecule has 0 spiro atoms. The molecule has 1 aromatic rings. The number of carbonyl (C=O) groups excluding carboxylic acids is 1. The Labute approximate surface area is 141 Å². The fourth-order valence-electron chi connectivity index (χ4n) is 2.48. The minimum absolute atomic E-state index is 0.171. The zero-order valence-electron chi connectivity index (χ0n) is 13.6. The Morgan fingerprint density at radius 2 is 2.04 bits per heavy atom. The maximum atomic E-state index is 12.2. The molecule has 7 heteroatoms. The van der Waals surface area contributed by atoms with E-state index in [1.54, 1.807) is 12.1 Å². The third-order valence-electron chi connectivity index (χ3n) is 3.74. The molecule has 23 heavy (non-hydrogen) atoms. The van der Waals surface area contributed by atoms with Gasteiger partial charge in [-0.2, -0.15) is 0 Å². The van der Waals surface area contributed by atoms with E-state index < -0.39 is 0 Å². The average molecular weight is 343 g/mol. The van der Waals surface area contributed by atoms with Gasteiger partial charge in [-0.15, -0.1) is 0 Å². The smallest absolute Gasteiger partial charge is 0.251 e. The largest absolute Gasteiger partial charge is 0.493 e. The van der Waals surface area contributed by atoms with Crippen LogP contribution in [0.25, 0.3) is 0 Å². The van der Waals surface area contributed by atoms with Crippen LogP contribution in [0.15, 0.2) is 12.1 Å². The van der Waals surface area contributed by atoms with Crippen LogP contribution in [-0.4, -0.2) is 64.4 Å². The summed E-state index contributed by atoms with van der Waals surface area (Å²) in [5.41, 5.74) is 0.457. The third kappa shape index (κ3) is 4.99. The molecule has 1 amide bonds. The van der Waals surface area contributed by atoms with E-state index in [1.165, 1.54) is 14.2 Å². The fraction of sp³-hybridized carbons (Fsp3) is 0.562. The van der Waals surface area contributed by atoms with Gasteiger partial charge in [0.05, 0.1) is 32.5 Å². The third-order valence-corrected chi connectivity index (χ3v) is 4.02. The number of hydrogen-bond donors (Lipinski definition) is 1. The molecule has 0 unspecified atom stereocenters. The second kappa shape index (κ2) is 8.96. The minimum Gasteiger partial charge on any atom is -0.493 e. The maximum Gasteiger partial charge on any atom is 0.251 e. The molecule has 1 N–H and O–H groups in total. The van der Waals surface area contributed by atoms with E-state index in [9.17, 15) is 4.79 Å². The number of nitrogens with one attached hydrogen (secondary N) is 1. The Morgan fingerprint density at radius 3 is 2.70 bits per heavy atom. The predicted octanol–water partition coefficient (Wildman–Crippen LogP) is 1.81. The van der Waals surface area contributed by atoms with E-state index in [0.29, 0.717) is 28.6 Å². The summed E-state index contributed by atoms with van der Waals surface area (Å²) in [4.78, 5) is 14.6. The number of amides is 1. The summed E-state index contributed by atoms with van der Waals surface area (Å²) in [6, 6.07) is 3.21. The molecule has 0 radical (unpaired) electrons. The Balaban J connectivity index is 1.84. The summed E-state index contributed by atoms with van der Waals surface area (Å²) in [5.74, 6) is 0.700. The topological polar surface area (TPSA) is 60.0 Å². The highest BCUT2D eigenvalue weighted by Crippen LogP contribution is 2.35. The number of halogens is 1. The second-order valence-electron chi connectivity index (χ2n) is 5.26. The molecule has 0 atom stereocenters. The number of methoxy groups -OCH3 is 2.